The van der Waals surface area contributed by atoms with Crippen LogP contribution in [0, 0.1) is 6.92 Å². The van der Waals surface area contributed by atoms with Crippen LogP contribution in [-0.4, -0.2) is 29.7 Å². The first kappa shape index (κ1) is 18.5. The van der Waals surface area contributed by atoms with Gasteiger partial charge < -0.3 is 14.0 Å². The summed E-state index contributed by atoms with van der Waals surface area (Å²) in [7, 11) is -0.450. The van der Waals surface area contributed by atoms with Crippen LogP contribution in [0.15, 0.2) is 12.1 Å². The lowest BCUT2D eigenvalue weighted by Crippen LogP contribution is -2.43. The number of Topliss-reactive ketones (excluding diaryl/α,β-unsaturated/α-hetero) is 1. The van der Waals surface area contributed by atoms with E-state index in [1.54, 1.807) is 0 Å². The highest BCUT2D eigenvalue weighted by Gasteiger charge is 2.52. The Morgan fingerprint density at radius 3 is 2.12 bits per heavy atom. The molecule has 0 atom stereocenters. The highest BCUT2D eigenvalue weighted by molar-refractivity contribution is 6.62. The number of rotatable bonds is 3. The summed E-state index contributed by atoms with van der Waals surface area (Å²) < 4.78 is 18.7. The first-order valence-corrected chi connectivity index (χ1v) is 9.26. The minimum Gasteiger partial charge on any atom is -0.486 e. The number of aryl methyl sites for hydroxylation is 1. The molecular weight excluding hydrogens is 315 g/mol. The summed E-state index contributed by atoms with van der Waals surface area (Å²) >= 11 is 0. The molecule has 25 heavy (non-hydrogen) atoms. The number of hydrogen-bond donors (Lipinski definition) is 0. The lowest BCUT2D eigenvalue weighted by molar-refractivity contribution is 0.00578. The van der Waals surface area contributed by atoms with Gasteiger partial charge in [0.25, 0.3) is 0 Å². The van der Waals surface area contributed by atoms with Crippen LogP contribution in [0.3, 0.4) is 0 Å². The Balaban J connectivity index is 2.01. The van der Waals surface area contributed by atoms with Gasteiger partial charge in [0.05, 0.1) is 23.2 Å². The fraction of sp³-hybridized carbons (Fsp3) is 0.650. The third-order valence-electron chi connectivity index (χ3n) is 6.27. The van der Waals surface area contributed by atoms with Gasteiger partial charge in [0.2, 0.25) is 0 Å². The Kier molecular flexibility index (Phi) is 4.32. The van der Waals surface area contributed by atoms with Crippen molar-refractivity contribution in [3.8, 4) is 5.75 Å². The fourth-order valence-electron chi connectivity index (χ4n) is 3.53. The zero-order valence-corrected chi connectivity index (χ0v) is 16.5. The number of ketones is 1. The Morgan fingerprint density at radius 1 is 1.04 bits per heavy atom. The van der Waals surface area contributed by atoms with Crippen LogP contribution < -0.4 is 10.2 Å². The molecule has 136 valence electrons. The van der Waals surface area contributed by atoms with E-state index < -0.39 is 23.9 Å². The topological polar surface area (TPSA) is 44.8 Å². The second-order valence-corrected chi connectivity index (χ2v) is 8.39. The van der Waals surface area contributed by atoms with Gasteiger partial charge in [0.1, 0.15) is 11.4 Å². The van der Waals surface area contributed by atoms with E-state index >= 15 is 0 Å². The highest BCUT2D eigenvalue weighted by atomic mass is 16.7. The van der Waals surface area contributed by atoms with Crippen molar-refractivity contribution in [2.45, 2.75) is 84.5 Å². The maximum absolute atomic E-state index is 12.7. The van der Waals surface area contributed by atoms with Gasteiger partial charge in [0.15, 0.2) is 5.78 Å². The van der Waals surface area contributed by atoms with E-state index in [0.29, 0.717) is 17.7 Å². The Labute approximate surface area is 151 Å². The lowest BCUT2D eigenvalue weighted by Gasteiger charge is -2.37. The molecule has 1 saturated heterocycles. The minimum atomic E-state index is -0.450. The van der Waals surface area contributed by atoms with Gasteiger partial charge >= 0.3 is 7.12 Å². The molecule has 2 aliphatic rings. The van der Waals surface area contributed by atoms with E-state index in [4.69, 9.17) is 14.0 Å². The maximum atomic E-state index is 12.7. The molecular formula is C20H29BO4. The minimum absolute atomic E-state index is 0.161. The first-order valence-electron chi connectivity index (χ1n) is 9.26. The highest BCUT2D eigenvalue weighted by Crippen LogP contribution is 2.39. The van der Waals surface area contributed by atoms with E-state index in [1.807, 2.05) is 46.8 Å². The quantitative estimate of drug-likeness (QED) is 0.782. The summed E-state index contributed by atoms with van der Waals surface area (Å²) in [6, 6.07) is 3.87. The molecule has 2 aliphatic heterocycles. The van der Waals surface area contributed by atoms with Crippen molar-refractivity contribution < 1.29 is 18.8 Å². The summed E-state index contributed by atoms with van der Waals surface area (Å²) in [5.74, 6) is 0.823. The van der Waals surface area contributed by atoms with Gasteiger partial charge in [-0.1, -0.05) is 19.4 Å². The number of hydrogen-bond acceptors (Lipinski definition) is 4. The van der Waals surface area contributed by atoms with E-state index in [-0.39, 0.29) is 5.78 Å². The van der Waals surface area contributed by atoms with Crippen LogP contribution in [-0.2, 0) is 9.31 Å². The lowest BCUT2D eigenvalue weighted by atomic mass is 9.74. The van der Waals surface area contributed by atoms with E-state index in [9.17, 15) is 4.79 Å². The van der Waals surface area contributed by atoms with Crippen LogP contribution in [0.5, 0.6) is 5.75 Å². The first-order chi connectivity index (χ1) is 11.5. The average molecular weight is 344 g/mol. The second kappa shape index (κ2) is 5.85. The fourth-order valence-corrected chi connectivity index (χ4v) is 3.53. The van der Waals surface area contributed by atoms with E-state index in [0.717, 1.165) is 23.9 Å². The predicted octanol–water partition coefficient (Wildman–Crippen LogP) is 3.82. The summed E-state index contributed by atoms with van der Waals surface area (Å²) in [4.78, 5) is 12.7. The zero-order chi connectivity index (χ0) is 18.6. The Hall–Kier alpha value is -1.33. The van der Waals surface area contributed by atoms with Gasteiger partial charge in [-0.2, -0.15) is 0 Å². The van der Waals surface area contributed by atoms with Crippen molar-refractivity contribution in [1.82, 2.24) is 0 Å². The van der Waals surface area contributed by atoms with Gasteiger partial charge in [0, 0.05) is 0 Å². The standard InChI is InChI=1S/C20H29BO4/c1-8-20(9-2)12-16(22)14-10-13(3)15(11-17(14)23-20)21-24-18(4,5)19(6,7)25-21/h10-11H,8-9,12H2,1-7H3. The van der Waals surface area contributed by atoms with Gasteiger partial charge in [-0.05, 0) is 65.1 Å². The largest absolute Gasteiger partial charge is 0.495 e. The van der Waals surface area contributed by atoms with Gasteiger partial charge in [-0.25, -0.2) is 0 Å². The van der Waals surface area contributed by atoms with Crippen LogP contribution in [0.2, 0.25) is 0 Å². The third-order valence-corrected chi connectivity index (χ3v) is 6.27. The molecule has 4 nitrogen and oxygen atoms in total. The van der Waals surface area contributed by atoms with Crippen molar-refractivity contribution in [2.24, 2.45) is 0 Å². The van der Waals surface area contributed by atoms with Crippen molar-refractivity contribution >= 4 is 18.4 Å². The normalized spacial score (nSPS) is 23.3. The number of carbonyl (C=O) groups is 1. The van der Waals surface area contributed by atoms with Crippen LogP contribution >= 0.6 is 0 Å². The smallest absolute Gasteiger partial charge is 0.486 e. The molecule has 0 N–H and O–H groups in total. The SMILES string of the molecule is CCC1(CC)CC(=O)c2cc(C)c(B3OC(C)(C)C(C)(C)O3)cc2O1. The summed E-state index contributed by atoms with van der Waals surface area (Å²) in [5.41, 5.74) is 1.42. The van der Waals surface area contributed by atoms with Crippen LogP contribution in [0.25, 0.3) is 0 Å². The number of carbonyl (C=O) groups excluding carboxylic acids is 1. The predicted molar refractivity (Wildman–Crippen MR) is 99.8 cm³/mol. The van der Waals surface area contributed by atoms with Crippen molar-refractivity contribution in [2.75, 3.05) is 0 Å². The average Bonchev–Trinajstić information content (AvgIpc) is 2.75. The summed E-state index contributed by atoms with van der Waals surface area (Å²) in [5, 5.41) is 0. The maximum Gasteiger partial charge on any atom is 0.495 e. The molecule has 0 saturated carbocycles. The molecule has 1 aromatic rings. The molecule has 2 heterocycles. The summed E-state index contributed by atoms with van der Waals surface area (Å²) in [6.45, 7) is 14.3. The molecule has 1 fully saturated rings. The number of ether oxygens (including phenoxy) is 1. The van der Waals surface area contributed by atoms with E-state index in [2.05, 4.69) is 13.8 Å². The Bertz CT molecular complexity index is 688. The molecule has 1 aromatic carbocycles. The Morgan fingerprint density at radius 2 is 1.60 bits per heavy atom. The zero-order valence-electron chi connectivity index (χ0n) is 16.5. The monoisotopic (exact) mass is 344 g/mol. The van der Waals surface area contributed by atoms with Crippen molar-refractivity contribution in [3.05, 3.63) is 23.3 Å². The van der Waals surface area contributed by atoms with Crippen LogP contribution in [0.1, 0.15) is 76.7 Å². The molecule has 0 radical (unpaired) electrons. The van der Waals surface area contributed by atoms with E-state index in [1.165, 1.54) is 0 Å². The third kappa shape index (κ3) is 2.91. The van der Waals surface area contributed by atoms with Gasteiger partial charge in [-0.3, -0.25) is 4.79 Å². The second-order valence-electron chi connectivity index (χ2n) is 8.39. The molecule has 5 heteroatoms. The summed E-state index contributed by atoms with van der Waals surface area (Å²) in [6.07, 6.45) is 2.07. The number of fused-ring (bicyclic) bond motifs is 1. The molecule has 0 aromatic heterocycles. The molecule has 0 amide bonds. The van der Waals surface area contributed by atoms with Crippen molar-refractivity contribution in [3.63, 3.8) is 0 Å². The van der Waals surface area contributed by atoms with Gasteiger partial charge in [-0.15, -0.1) is 0 Å². The van der Waals surface area contributed by atoms with Crippen molar-refractivity contribution in [1.29, 1.82) is 0 Å². The molecule has 0 aliphatic carbocycles. The molecule has 3 rings (SSSR count). The molecule has 0 unspecified atom stereocenters. The molecule has 0 bridgehead atoms. The molecule has 0 spiro atoms. The van der Waals surface area contributed by atoms with Crippen LogP contribution in [0.4, 0.5) is 0 Å². The number of benzene rings is 1.